The fraction of sp³-hybridized carbons (Fsp3) is 0.421. The first-order valence-corrected chi connectivity index (χ1v) is 9.47. The summed E-state index contributed by atoms with van der Waals surface area (Å²) in [6.07, 6.45) is 0. The maximum absolute atomic E-state index is 12.1. The highest BCUT2D eigenvalue weighted by Gasteiger charge is 2.12. The second kappa shape index (κ2) is 8.91. The molecule has 1 unspecified atom stereocenters. The molecule has 0 radical (unpaired) electrons. The van der Waals surface area contributed by atoms with Crippen LogP contribution in [0.25, 0.3) is 11.3 Å². The van der Waals surface area contributed by atoms with Crippen LogP contribution >= 0.6 is 11.3 Å². The first-order valence-electron chi connectivity index (χ1n) is 8.59. The molecular formula is C19H26N4O2S. The van der Waals surface area contributed by atoms with Crippen molar-refractivity contribution in [3.8, 4) is 11.3 Å². The molecule has 1 aromatic heterocycles. The Morgan fingerprint density at radius 3 is 2.42 bits per heavy atom. The van der Waals surface area contributed by atoms with E-state index in [1.54, 1.807) is 0 Å². The topological polar surface area (TPSA) is 74.3 Å². The van der Waals surface area contributed by atoms with Crippen LogP contribution in [-0.2, 0) is 9.59 Å². The van der Waals surface area contributed by atoms with Crippen LogP contribution in [-0.4, -0.2) is 41.3 Å². The maximum Gasteiger partial charge on any atom is 0.240 e. The quantitative estimate of drug-likeness (QED) is 0.780. The third-order valence-electron chi connectivity index (χ3n) is 4.15. The highest BCUT2D eigenvalue weighted by molar-refractivity contribution is 7.14. The van der Waals surface area contributed by atoms with Crippen LogP contribution in [0.3, 0.4) is 0 Å². The number of aromatic nitrogens is 1. The van der Waals surface area contributed by atoms with Crippen molar-refractivity contribution in [2.24, 2.45) is 0 Å². The number of hydrogen-bond acceptors (Lipinski definition) is 5. The van der Waals surface area contributed by atoms with Gasteiger partial charge in [0, 0.05) is 23.9 Å². The zero-order chi connectivity index (χ0) is 19.3. The van der Waals surface area contributed by atoms with E-state index in [1.165, 1.54) is 18.3 Å². The van der Waals surface area contributed by atoms with Crippen LogP contribution in [0.2, 0.25) is 0 Å². The van der Waals surface area contributed by atoms with Gasteiger partial charge in [0.15, 0.2) is 5.13 Å². The summed E-state index contributed by atoms with van der Waals surface area (Å²) in [4.78, 5) is 29.7. The van der Waals surface area contributed by atoms with Gasteiger partial charge in [-0.25, -0.2) is 4.98 Å². The summed E-state index contributed by atoms with van der Waals surface area (Å²) >= 11 is 1.41. The third-order valence-corrected chi connectivity index (χ3v) is 4.91. The number of rotatable bonds is 7. The van der Waals surface area contributed by atoms with Gasteiger partial charge < -0.3 is 10.6 Å². The van der Waals surface area contributed by atoms with Crippen LogP contribution in [0.15, 0.2) is 29.6 Å². The van der Waals surface area contributed by atoms with Crippen molar-refractivity contribution < 1.29 is 9.59 Å². The lowest BCUT2D eigenvalue weighted by atomic mass is 10.1. The Bertz CT molecular complexity index is 755. The number of thiazole rings is 1. The van der Waals surface area contributed by atoms with Crippen LogP contribution in [0.5, 0.6) is 0 Å². The molecule has 1 heterocycles. The van der Waals surface area contributed by atoms with E-state index in [0.29, 0.717) is 17.7 Å². The van der Waals surface area contributed by atoms with Crippen molar-refractivity contribution in [3.05, 3.63) is 35.2 Å². The Balaban J connectivity index is 2.01. The van der Waals surface area contributed by atoms with E-state index in [1.807, 2.05) is 62.4 Å². The predicted octanol–water partition coefficient (Wildman–Crippen LogP) is 3.29. The van der Waals surface area contributed by atoms with E-state index in [0.717, 1.165) is 16.8 Å². The molecule has 2 aromatic rings. The first kappa shape index (κ1) is 20.1. The highest BCUT2D eigenvalue weighted by atomic mass is 32.1. The summed E-state index contributed by atoms with van der Waals surface area (Å²) in [5.74, 6) is -0.119. The van der Waals surface area contributed by atoms with Gasteiger partial charge in [0.2, 0.25) is 11.8 Å². The molecule has 1 atom stereocenters. The second-order valence-electron chi connectivity index (χ2n) is 6.64. The molecule has 2 rings (SSSR count). The van der Waals surface area contributed by atoms with Gasteiger partial charge in [0.1, 0.15) is 0 Å². The van der Waals surface area contributed by atoms with E-state index in [9.17, 15) is 9.59 Å². The summed E-state index contributed by atoms with van der Waals surface area (Å²) in [6, 6.07) is 8.17. The molecule has 0 aliphatic heterocycles. The Hall–Kier alpha value is -2.25. The summed E-state index contributed by atoms with van der Waals surface area (Å²) in [5.41, 5.74) is 2.82. The minimum atomic E-state index is -0.0680. The average Bonchev–Trinajstić information content (AvgIpc) is 3.02. The van der Waals surface area contributed by atoms with Crippen LogP contribution in [0.1, 0.15) is 39.3 Å². The smallest absolute Gasteiger partial charge is 0.240 e. The van der Waals surface area contributed by atoms with Gasteiger partial charge >= 0.3 is 0 Å². The van der Waals surface area contributed by atoms with Gasteiger partial charge in [-0.15, -0.1) is 11.3 Å². The SMILES string of the molecule is CC(=O)NC(C)c1ccc(-c2csc(NC(=O)CN(C)C(C)C)n2)cc1. The lowest BCUT2D eigenvalue weighted by Gasteiger charge is -2.19. The Morgan fingerprint density at radius 1 is 1.19 bits per heavy atom. The maximum atomic E-state index is 12.1. The molecule has 6 nitrogen and oxygen atoms in total. The molecule has 0 aliphatic carbocycles. The number of carbonyl (C=O) groups is 2. The number of carbonyl (C=O) groups excluding carboxylic acids is 2. The van der Waals surface area contributed by atoms with Crippen molar-refractivity contribution in [2.75, 3.05) is 18.9 Å². The third kappa shape index (κ3) is 5.64. The molecule has 0 spiro atoms. The molecule has 0 fully saturated rings. The molecule has 7 heteroatoms. The molecule has 0 aliphatic rings. The van der Waals surface area contributed by atoms with Crippen LogP contribution < -0.4 is 10.6 Å². The van der Waals surface area contributed by atoms with Gasteiger partial charge in [-0.3, -0.25) is 14.5 Å². The number of amides is 2. The van der Waals surface area contributed by atoms with Gasteiger partial charge in [0.05, 0.1) is 18.3 Å². The molecule has 2 N–H and O–H groups in total. The van der Waals surface area contributed by atoms with Gasteiger partial charge in [-0.05, 0) is 33.4 Å². The Morgan fingerprint density at radius 2 is 1.85 bits per heavy atom. The molecule has 140 valence electrons. The molecular weight excluding hydrogens is 348 g/mol. The second-order valence-corrected chi connectivity index (χ2v) is 7.50. The minimum Gasteiger partial charge on any atom is -0.350 e. The van der Waals surface area contributed by atoms with E-state index in [2.05, 4.69) is 15.6 Å². The number of anilines is 1. The summed E-state index contributed by atoms with van der Waals surface area (Å²) in [6.45, 7) is 7.88. The van der Waals surface area contributed by atoms with Gasteiger partial charge in [-0.1, -0.05) is 24.3 Å². The fourth-order valence-electron chi connectivity index (χ4n) is 2.36. The van der Waals surface area contributed by atoms with Gasteiger partial charge in [-0.2, -0.15) is 0 Å². The summed E-state index contributed by atoms with van der Waals surface area (Å²) < 4.78 is 0. The number of likely N-dealkylation sites (N-methyl/N-ethyl adjacent to an activating group) is 1. The van der Waals surface area contributed by atoms with E-state index in [-0.39, 0.29) is 17.9 Å². The molecule has 0 bridgehead atoms. The normalized spacial score (nSPS) is 12.3. The average molecular weight is 375 g/mol. The van der Waals surface area contributed by atoms with Crippen molar-refractivity contribution in [3.63, 3.8) is 0 Å². The zero-order valence-electron chi connectivity index (χ0n) is 15.9. The van der Waals surface area contributed by atoms with Crippen LogP contribution in [0.4, 0.5) is 5.13 Å². The fourth-order valence-corrected chi connectivity index (χ4v) is 3.10. The molecule has 26 heavy (non-hydrogen) atoms. The van der Waals surface area contributed by atoms with Crippen LogP contribution in [0, 0.1) is 0 Å². The standard InChI is InChI=1S/C19H26N4O2S/c1-12(2)23(5)10-18(25)22-19-21-17(11-26-19)16-8-6-15(7-9-16)13(3)20-14(4)24/h6-9,11-13H,10H2,1-5H3,(H,20,24)(H,21,22,25). The van der Waals surface area contributed by atoms with E-state index < -0.39 is 0 Å². The van der Waals surface area contributed by atoms with Crippen molar-refractivity contribution in [2.45, 2.75) is 39.8 Å². The largest absolute Gasteiger partial charge is 0.350 e. The van der Waals surface area contributed by atoms with Gasteiger partial charge in [0.25, 0.3) is 0 Å². The zero-order valence-corrected chi connectivity index (χ0v) is 16.7. The molecule has 0 saturated heterocycles. The van der Waals surface area contributed by atoms with E-state index in [4.69, 9.17) is 0 Å². The number of nitrogens with zero attached hydrogens (tertiary/aromatic N) is 2. The lowest BCUT2D eigenvalue weighted by Crippen LogP contribution is -2.34. The van der Waals surface area contributed by atoms with Crippen molar-refractivity contribution in [1.82, 2.24) is 15.2 Å². The Labute approximate surface area is 158 Å². The lowest BCUT2D eigenvalue weighted by molar-refractivity contribution is -0.119. The summed E-state index contributed by atoms with van der Waals surface area (Å²) in [5, 5.41) is 8.23. The number of nitrogens with one attached hydrogen (secondary N) is 2. The number of hydrogen-bond donors (Lipinski definition) is 2. The van der Waals surface area contributed by atoms with Crippen molar-refractivity contribution >= 4 is 28.3 Å². The Kier molecular flexibility index (Phi) is 6.88. The van der Waals surface area contributed by atoms with E-state index >= 15 is 0 Å². The first-order chi connectivity index (χ1) is 12.3. The molecule has 1 aromatic carbocycles. The van der Waals surface area contributed by atoms with Crippen molar-refractivity contribution in [1.29, 1.82) is 0 Å². The summed E-state index contributed by atoms with van der Waals surface area (Å²) in [7, 11) is 1.92. The monoisotopic (exact) mass is 374 g/mol. The predicted molar refractivity (Wildman–Crippen MR) is 106 cm³/mol. The number of benzene rings is 1. The molecule has 0 saturated carbocycles. The molecule has 2 amide bonds. The highest BCUT2D eigenvalue weighted by Crippen LogP contribution is 2.26. The minimum absolute atomic E-state index is 0.0372.